The molecule has 0 spiro atoms. The van der Waals surface area contributed by atoms with E-state index in [-0.39, 0.29) is 12.5 Å². The number of likely N-dealkylation sites (N-methyl/N-ethyl adjacent to an activating group) is 1. The molecule has 0 saturated carbocycles. The molecule has 0 aliphatic heterocycles. The van der Waals surface area contributed by atoms with Crippen LogP contribution in [0.2, 0.25) is 5.02 Å². The Morgan fingerprint density at radius 3 is 2.87 bits per heavy atom. The van der Waals surface area contributed by atoms with Gasteiger partial charge in [0.25, 0.3) is 5.91 Å². The van der Waals surface area contributed by atoms with Crippen LogP contribution in [0.1, 0.15) is 10.4 Å². The number of rotatable bonds is 5. The summed E-state index contributed by atoms with van der Waals surface area (Å²) in [6.07, 6.45) is 3.86. The number of benzene rings is 2. The largest absolute Gasteiger partial charge is 0.360 e. The summed E-state index contributed by atoms with van der Waals surface area (Å²) >= 11 is 9.70. The van der Waals surface area contributed by atoms with E-state index >= 15 is 0 Å². The molecule has 0 saturated heterocycles. The van der Waals surface area contributed by atoms with Crippen molar-refractivity contribution in [1.29, 1.82) is 5.26 Å². The van der Waals surface area contributed by atoms with Gasteiger partial charge in [-0.05, 0) is 43.4 Å². The first-order valence-electron chi connectivity index (χ1n) is 9.25. The Morgan fingerprint density at radius 2 is 2.10 bits per heavy atom. The first-order valence-corrected chi connectivity index (χ1v) is 10.4. The molecule has 4 aromatic rings. The van der Waals surface area contributed by atoms with Gasteiger partial charge in [-0.25, -0.2) is 9.88 Å². The third-order valence-corrected chi connectivity index (χ3v) is 5.60. The van der Waals surface area contributed by atoms with Crippen molar-refractivity contribution < 1.29 is 4.79 Å². The maximum atomic E-state index is 13.2. The van der Waals surface area contributed by atoms with E-state index in [1.807, 2.05) is 30.6 Å². The lowest BCUT2D eigenvalue weighted by molar-refractivity contribution is 0.0835. The summed E-state index contributed by atoms with van der Waals surface area (Å²) in [6, 6.07) is 12.9. The molecule has 2 heterocycles. The van der Waals surface area contributed by atoms with Gasteiger partial charge in [0.1, 0.15) is 0 Å². The van der Waals surface area contributed by atoms with E-state index in [2.05, 4.69) is 26.2 Å². The van der Waals surface area contributed by atoms with Crippen LogP contribution in [0.15, 0.2) is 53.1 Å². The molecule has 0 unspecified atom stereocenters. The normalized spacial score (nSPS) is 11.0. The predicted octanol–water partition coefficient (Wildman–Crippen LogP) is 4.94. The molecule has 1 amide bonds. The molecule has 150 valence electrons. The van der Waals surface area contributed by atoms with Crippen molar-refractivity contribution in [2.45, 2.75) is 0 Å². The second kappa shape index (κ2) is 8.44. The molecular formula is C22H17BrClN5O. The van der Waals surface area contributed by atoms with Crippen LogP contribution in [0.4, 0.5) is 0 Å². The molecular weight excluding hydrogens is 466 g/mol. The van der Waals surface area contributed by atoms with Gasteiger partial charge in [-0.1, -0.05) is 33.6 Å². The fraction of sp³-hybridized carbons (Fsp3) is 0.136. The molecule has 2 aromatic carbocycles. The van der Waals surface area contributed by atoms with Crippen LogP contribution < -0.4 is 5.32 Å². The molecule has 30 heavy (non-hydrogen) atoms. The van der Waals surface area contributed by atoms with Crippen molar-refractivity contribution in [3.05, 3.63) is 63.7 Å². The number of amides is 1. The van der Waals surface area contributed by atoms with Crippen LogP contribution >= 0.6 is 27.5 Å². The average Bonchev–Trinajstić information content (AvgIpc) is 3.16. The number of pyridine rings is 1. The minimum atomic E-state index is -0.371. The van der Waals surface area contributed by atoms with E-state index in [1.165, 1.54) is 0 Å². The Bertz CT molecular complexity index is 1310. The average molecular weight is 483 g/mol. The highest BCUT2D eigenvalue weighted by Gasteiger charge is 2.21. The Labute approximate surface area is 186 Å². The highest BCUT2D eigenvalue weighted by atomic mass is 79.9. The molecule has 4 rings (SSSR count). The molecule has 2 aromatic heterocycles. The van der Waals surface area contributed by atoms with Gasteiger partial charge in [0, 0.05) is 50.6 Å². The zero-order valence-electron chi connectivity index (χ0n) is 16.0. The number of aromatic nitrogens is 2. The molecule has 0 aliphatic rings. The van der Waals surface area contributed by atoms with Crippen LogP contribution in [0, 0.1) is 11.5 Å². The molecule has 8 heteroatoms. The molecule has 0 radical (unpaired) electrons. The fourth-order valence-electron chi connectivity index (χ4n) is 3.39. The van der Waals surface area contributed by atoms with Gasteiger partial charge in [0.2, 0.25) is 0 Å². The number of aromatic amines is 1. The minimum Gasteiger partial charge on any atom is -0.360 e. The molecule has 0 bridgehead atoms. The minimum absolute atomic E-state index is 0.276. The van der Waals surface area contributed by atoms with Crippen LogP contribution in [-0.2, 0) is 0 Å². The Morgan fingerprint density at radius 1 is 1.27 bits per heavy atom. The maximum Gasteiger partial charge on any atom is 0.267 e. The van der Waals surface area contributed by atoms with Crippen LogP contribution in [0.5, 0.6) is 0 Å². The van der Waals surface area contributed by atoms with Crippen LogP contribution in [0.25, 0.3) is 33.1 Å². The third kappa shape index (κ3) is 3.77. The van der Waals surface area contributed by atoms with E-state index in [9.17, 15) is 10.1 Å². The van der Waals surface area contributed by atoms with Crippen LogP contribution in [0.3, 0.4) is 0 Å². The van der Waals surface area contributed by atoms with Crippen molar-refractivity contribution in [3.63, 3.8) is 0 Å². The van der Waals surface area contributed by atoms with Gasteiger partial charge in [0.05, 0.1) is 16.8 Å². The van der Waals surface area contributed by atoms with Gasteiger partial charge in [0.15, 0.2) is 6.19 Å². The lowest BCUT2D eigenvalue weighted by Crippen LogP contribution is -2.32. The predicted molar refractivity (Wildman–Crippen MR) is 122 cm³/mol. The van der Waals surface area contributed by atoms with E-state index < -0.39 is 0 Å². The smallest absolute Gasteiger partial charge is 0.267 e. The second-order valence-electron chi connectivity index (χ2n) is 6.77. The van der Waals surface area contributed by atoms with Crippen molar-refractivity contribution in [3.8, 4) is 17.5 Å². The number of nitriles is 1. The highest BCUT2D eigenvalue weighted by molar-refractivity contribution is 9.10. The summed E-state index contributed by atoms with van der Waals surface area (Å²) in [5, 5.41) is 14.6. The number of hydrogen-bond acceptors (Lipinski definition) is 4. The van der Waals surface area contributed by atoms with Gasteiger partial charge in [-0.15, -0.1) is 0 Å². The third-order valence-electron chi connectivity index (χ3n) is 4.87. The summed E-state index contributed by atoms with van der Waals surface area (Å²) in [4.78, 5) is 22.4. The van der Waals surface area contributed by atoms with Gasteiger partial charge in [-0.3, -0.25) is 4.79 Å². The molecule has 6 nitrogen and oxygen atoms in total. The quantitative estimate of drug-likeness (QED) is 0.312. The number of nitrogens with one attached hydrogen (secondary N) is 2. The monoisotopic (exact) mass is 481 g/mol. The SMILES string of the molecule is CNCCN(C#N)C(=O)c1cc(-c2c[nH]c3ccc(Br)cc23)nc2cc(Cl)ccc12. The first kappa shape index (κ1) is 20.4. The van der Waals surface area contributed by atoms with Crippen molar-refractivity contribution >= 4 is 55.2 Å². The second-order valence-corrected chi connectivity index (χ2v) is 8.12. The Hall–Kier alpha value is -2.92. The summed E-state index contributed by atoms with van der Waals surface area (Å²) in [7, 11) is 1.77. The zero-order valence-corrected chi connectivity index (χ0v) is 18.4. The van der Waals surface area contributed by atoms with Crippen molar-refractivity contribution in [1.82, 2.24) is 20.2 Å². The van der Waals surface area contributed by atoms with Gasteiger partial charge >= 0.3 is 0 Å². The van der Waals surface area contributed by atoms with E-state index in [0.29, 0.717) is 33.7 Å². The van der Waals surface area contributed by atoms with E-state index in [4.69, 9.17) is 16.6 Å². The number of nitrogens with zero attached hydrogens (tertiary/aromatic N) is 3. The van der Waals surface area contributed by atoms with Gasteiger partial charge in [-0.2, -0.15) is 5.26 Å². The van der Waals surface area contributed by atoms with Crippen molar-refractivity contribution in [2.75, 3.05) is 20.1 Å². The number of H-pyrrole nitrogens is 1. The Balaban J connectivity index is 1.93. The molecule has 0 fully saturated rings. The van der Waals surface area contributed by atoms with E-state index in [1.54, 1.807) is 31.3 Å². The number of fused-ring (bicyclic) bond motifs is 2. The molecule has 0 atom stereocenters. The Kier molecular flexibility index (Phi) is 5.73. The van der Waals surface area contributed by atoms with E-state index in [0.717, 1.165) is 25.8 Å². The van der Waals surface area contributed by atoms with Crippen molar-refractivity contribution in [2.24, 2.45) is 0 Å². The molecule has 2 N–H and O–H groups in total. The topological polar surface area (TPSA) is 84.8 Å². The number of carbonyl (C=O) groups excluding carboxylic acids is 1. The standard InChI is InChI=1S/C22H17BrClN5O/c1-26-6-7-29(12-25)22(30)17-10-21(28-20-9-14(24)3-4-15(17)20)18-11-27-19-5-2-13(23)8-16(18)19/h2-5,8-11,26-27H,6-7H2,1H3. The lowest BCUT2D eigenvalue weighted by atomic mass is 10.0. The maximum absolute atomic E-state index is 13.2. The number of hydrogen-bond donors (Lipinski definition) is 2. The number of halogens is 2. The summed E-state index contributed by atoms with van der Waals surface area (Å²) < 4.78 is 0.943. The number of carbonyl (C=O) groups is 1. The van der Waals surface area contributed by atoms with Crippen LogP contribution in [-0.4, -0.2) is 40.9 Å². The summed E-state index contributed by atoms with van der Waals surface area (Å²) in [5.74, 6) is -0.371. The summed E-state index contributed by atoms with van der Waals surface area (Å²) in [5.41, 5.74) is 3.46. The lowest BCUT2D eigenvalue weighted by Gasteiger charge is -2.16. The summed E-state index contributed by atoms with van der Waals surface area (Å²) in [6.45, 7) is 0.788. The fourth-order valence-corrected chi connectivity index (χ4v) is 3.91. The highest BCUT2D eigenvalue weighted by Crippen LogP contribution is 2.33. The first-order chi connectivity index (χ1) is 14.5. The molecule has 0 aliphatic carbocycles. The van der Waals surface area contributed by atoms with Gasteiger partial charge < -0.3 is 10.3 Å². The zero-order chi connectivity index (χ0) is 21.3.